The minimum Gasteiger partial charge on any atom is -0.256 e. The lowest BCUT2D eigenvalue weighted by atomic mass is 9.78. The SMILES string of the molecule is CCCCCc1ccc(-c2ccc(CCC3CCC(CCCC)CC3)cn2)cc1.CCCCc1ccc(-c2ccc(CCC3CCC(CCCC)CC3)cn2)cc1. The van der Waals surface area contributed by atoms with Crippen LogP contribution in [-0.4, -0.2) is 9.97 Å². The molecule has 2 aromatic carbocycles. The van der Waals surface area contributed by atoms with Gasteiger partial charge < -0.3 is 0 Å². The van der Waals surface area contributed by atoms with Gasteiger partial charge >= 0.3 is 0 Å². The van der Waals surface area contributed by atoms with E-state index in [0.717, 1.165) is 35.1 Å². The van der Waals surface area contributed by atoms with Crippen LogP contribution in [0.25, 0.3) is 22.5 Å². The minimum absolute atomic E-state index is 0.938. The molecular weight excluding hydrogens is 689 g/mol. The monoisotopic (exact) mass is 769 g/mol. The number of unbranched alkanes of at least 4 members (excludes halogenated alkanes) is 5. The van der Waals surface area contributed by atoms with E-state index in [4.69, 9.17) is 9.97 Å². The van der Waals surface area contributed by atoms with Crippen molar-refractivity contribution in [1.82, 2.24) is 9.97 Å². The third kappa shape index (κ3) is 16.1. The Bertz CT molecular complexity index is 1590. The number of aromatic nitrogens is 2. The molecule has 4 aromatic rings. The Hall–Kier alpha value is -3.26. The third-order valence-corrected chi connectivity index (χ3v) is 13.6. The molecule has 2 aliphatic carbocycles. The molecule has 57 heavy (non-hydrogen) atoms. The van der Waals surface area contributed by atoms with E-state index in [0.29, 0.717) is 0 Å². The molecule has 2 saturated carbocycles. The fourth-order valence-electron chi connectivity index (χ4n) is 9.48. The Balaban J connectivity index is 0.000000218. The van der Waals surface area contributed by atoms with Gasteiger partial charge in [-0.3, -0.25) is 9.97 Å². The number of pyridine rings is 2. The highest BCUT2D eigenvalue weighted by Crippen LogP contribution is 2.35. The minimum atomic E-state index is 0.938. The predicted molar refractivity (Wildman–Crippen MR) is 248 cm³/mol. The second-order valence-electron chi connectivity index (χ2n) is 18.2. The summed E-state index contributed by atoms with van der Waals surface area (Å²) in [7, 11) is 0. The lowest BCUT2D eigenvalue weighted by Crippen LogP contribution is -2.15. The molecule has 0 bridgehead atoms. The maximum Gasteiger partial charge on any atom is 0.0702 e. The van der Waals surface area contributed by atoms with Crippen LogP contribution in [0, 0.1) is 23.7 Å². The van der Waals surface area contributed by atoms with Gasteiger partial charge in [-0.2, -0.15) is 0 Å². The maximum absolute atomic E-state index is 4.76. The van der Waals surface area contributed by atoms with E-state index in [2.05, 4.69) is 113 Å². The lowest BCUT2D eigenvalue weighted by molar-refractivity contribution is 0.250. The summed E-state index contributed by atoms with van der Waals surface area (Å²) < 4.78 is 0. The van der Waals surface area contributed by atoms with Crippen LogP contribution in [0.4, 0.5) is 0 Å². The number of benzene rings is 2. The van der Waals surface area contributed by atoms with E-state index in [1.807, 2.05) is 0 Å². The number of rotatable bonds is 21. The van der Waals surface area contributed by atoms with E-state index in [9.17, 15) is 0 Å². The third-order valence-electron chi connectivity index (χ3n) is 13.6. The van der Waals surface area contributed by atoms with E-state index < -0.39 is 0 Å². The fourth-order valence-corrected chi connectivity index (χ4v) is 9.48. The summed E-state index contributed by atoms with van der Waals surface area (Å²) >= 11 is 0. The Kier molecular flexibility index (Phi) is 20.4. The van der Waals surface area contributed by atoms with Gasteiger partial charge in [0.2, 0.25) is 0 Å². The van der Waals surface area contributed by atoms with Crippen LogP contribution < -0.4 is 0 Å². The number of nitrogens with zero attached hydrogens (tertiary/aromatic N) is 2. The van der Waals surface area contributed by atoms with Crippen LogP contribution in [0.2, 0.25) is 0 Å². The number of hydrogen-bond donors (Lipinski definition) is 0. The Morgan fingerprint density at radius 3 is 1.05 bits per heavy atom. The summed E-state index contributed by atoms with van der Waals surface area (Å²) in [6.45, 7) is 9.14. The Morgan fingerprint density at radius 1 is 0.351 bits per heavy atom. The van der Waals surface area contributed by atoms with Gasteiger partial charge in [0.05, 0.1) is 11.4 Å². The molecule has 0 unspecified atom stereocenters. The Labute approximate surface area is 350 Å². The molecule has 0 amide bonds. The highest BCUT2D eigenvalue weighted by molar-refractivity contribution is 5.60. The molecule has 0 atom stereocenters. The molecule has 2 aliphatic rings. The summed E-state index contributed by atoms with van der Waals surface area (Å²) in [6, 6.07) is 27.0. The van der Waals surface area contributed by atoms with Crippen LogP contribution in [0.5, 0.6) is 0 Å². The first-order valence-electron chi connectivity index (χ1n) is 24.1. The Morgan fingerprint density at radius 2 is 0.702 bits per heavy atom. The van der Waals surface area contributed by atoms with E-state index in [1.165, 1.54) is 194 Å². The van der Waals surface area contributed by atoms with Crippen molar-refractivity contribution >= 4 is 0 Å². The van der Waals surface area contributed by atoms with Crippen molar-refractivity contribution in [1.29, 1.82) is 0 Å². The molecule has 2 heteroatoms. The standard InChI is InChI=1S/C28H41N.C27H39N/c1-3-5-7-9-24-16-19-27(20-17-24)28-21-18-26(22-29-28)15-14-25-12-10-23(11-13-25)8-6-4-2;1-3-5-7-22-9-11-24(12-10-22)13-14-25-17-20-27(28-21-25)26-18-15-23(16-19-26)8-6-4-2/h16-23,25H,3-15H2,1-2H3;15-22,24H,3-14H2,1-2H3. The molecule has 2 nitrogen and oxygen atoms in total. The number of hydrogen-bond acceptors (Lipinski definition) is 2. The highest BCUT2D eigenvalue weighted by atomic mass is 14.7. The second-order valence-corrected chi connectivity index (χ2v) is 18.2. The molecule has 0 radical (unpaired) electrons. The van der Waals surface area contributed by atoms with Crippen molar-refractivity contribution in [2.45, 2.75) is 188 Å². The molecule has 0 aliphatic heterocycles. The molecule has 0 spiro atoms. The van der Waals surface area contributed by atoms with Crippen molar-refractivity contribution in [3.8, 4) is 22.5 Å². The van der Waals surface area contributed by atoms with Gasteiger partial charge in [0.25, 0.3) is 0 Å². The zero-order valence-electron chi connectivity index (χ0n) is 37.0. The molecule has 0 N–H and O–H groups in total. The molecule has 6 rings (SSSR count). The van der Waals surface area contributed by atoms with Crippen LogP contribution in [-0.2, 0) is 25.7 Å². The van der Waals surface area contributed by atoms with Crippen molar-refractivity contribution in [2.24, 2.45) is 23.7 Å². The zero-order chi connectivity index (χ0) is 39.9. The first-order valence-corrected chi connectivity index (χ1v) is 24.1. The largest absolute Gasteiger partial charge is 0.256 e. The topological polar surface area (TPSA) is 25.8 Å². The van der Waals surface area contributed by atoms with Gasteiger partial charge in [-0.05, 0) is 109 Å². The van der Waals surface area contributed by atoms with E-state index >= 15 is 0 Å². The lowest BCUT2D eigenvalue weighted by Gasteiger charge is -2.28. The molecule has 2 heterocycles. The molecular formula is C55H80N2. The van der Waals surface area contributed by atoms with Crippen molar-refractivity contribution in [3.63, 3.8) is 0 Å². The number of aryl methyl sites for hydroxylation is 4. The van der Waals surface area contributed by atoms with Crippen LogP contribution in [0.15, 0.2) is 85.2 Å². The molecule has 0 saturated heterocycles. The molecule has 2 fully saturated rings. The van der Waals surface area contributed by atoms with Gasteiger partial charge in [-0.25, -0.2) is 0 Å². The van der Waals surface area contributed by atoms with Gasteiger partial charge in [0.15, 0.2) is 0 Å². The van der Waals surface area contributed by atoms with Crippen LogP contribution in [0.3, 0.4) is 0 Å². The summed E-state index contributed by atoms with van der Waals surface area (Å²) in [6.07, 6.45) is 38.2. The molecule has 2 aromatic heterocycles. The first-order chi connectivity index (χ1) is 28.1. The summed E-state index contributed by atoms with van der Waals surface area (Å²) in [5.74, 6) is 3.91. The normalized spacial score (nSPS) is 19.5. The van der Waals surface area contributed by atoms with Crippen LogP contribution >= 0.6 is 0 Å². The highest BCUT2D eigenvalue weighted by Gasteiger charge is 2.22. The van der Waals surface area contributed by atoms with Crippen LogP contribution in [0.1, 0.15) is 185 Å². The van der Waals surface area contributed by atoms with Gasteiger partial charge in [0.1, 0.15) is 0 Å². The van der Waals surface area contributed by atoms with Gasteiger partial charge in [0, 0.05) is 23.5 Å². The maximum atomic E-state index is 4.76. The molecule has 310 valence electrons. The van der Waals surface area contributed by atoms with E-state index in [-0.39, 0.29) is 0 Å². The van der Waals surface area contributed by atoms with Crippen molar-refractivity contribution in [3.05, 3.63) is 107 Å². The summed E-state index contributed by atoms with van der Waals surface area (Å²) in [5.41, 5.74) is 10.4. The van der Waals surface area contributed by atoms with Gasteiger partial charge in [-0.15, -0.1) is 0 Å². The smallest absolute Gasteiger partial charge is 0.0702 e. The average Bonchev–Trinajstić information content (AvgIpc) is 3.27. The second kappa shape index (κ2) is 26.0. The average molecular weight is 769 g/mol. The summed E-state index contributed by atoms with van der Waals surface area (Å²) in [5, 5.41) is 0. The quantitative estimate of drug-likeness (QED) is 0.0789. The summed E-state index contributed by atoms with van der Waals surface area (Å²) in [4.78, 5) is 9.51. The van der Waals surface area contributed by atoms with E-state index in [1.54, 1.807) is 0 Å². The van der Waals surface area contributed by atoms with Gasteiger partial charge in [-0.1, -0.05) is 198 Å². The first kappa shape index (κ1) is 44.8. The van der Waals surface area contributed by atoms with Crippen molar-refractivity contribution < 1.29 is 0 Å². The fraction of sp³-hybridized carbons (Fsp3) is 0.600. The predicted octanol–water partition coefficient (Wildman–Crippen LogP) is 16.4. The zero-order valence-corrected chi connectivity index (χ0v) is 37.0. The van der Waals surface area contributed by atoms with Crippen molar-refractivity contribution in [2.75, 3.05) is 0 Å².